The van der Waals surface area contributed by atoms with Crippen molar-refractivity contribution in [3.63, 3.8) is 0 Å². The Hall–Kier alpha value is -1.11. The molecule has 0 bridgehead atoms. The van der Waals surface area contributed by atoms with E-state index in [4.69, 9.17) is 25.8 Å². The van der Waals surface area contributed by atoms with Crippen LogP contribution in [0.25, 0.3) is 0 Å². The number of halogens is 1. The molecule has 0 aromatic heterocycles. The van der Waals surface area contributed by atoms with Gasteiger partial charge in [-0.2, -0.15) is 0 Å². The van der Waals surface area contributed by atoms with Gasteiger partial charge in [0.15, 0.2) is 5.79 Å². The molecule has 3 rings (SSSR count). The number of amides is 1. The monoisotopic (exact) mass is 301 g/mol. The van der Waals surface area contributed by atoms with Gasteiger partial charge in [0.2, 0.25) is 0 Å². The van der Waals surface area contributed by atoms with Crippen molar-refractivity contribution in [3.05, 3.63) is 10.6 Å². The summed E-state index contributed by atoms with van der Waals surface area (Å²) in [5, 5.41) is 0.232. The number of nitrogens with zero attached hydrogens (tertiary/aromatic N) is 1. The van der Waals surface area contributed by atoms with Crippen molar-refractivity contribution >= 4 is 23.5 Å². The molecule has 1 spiro atoms. The molecule has 3 aliphatic rings. The van der Waals surface area contributed by atoms with Crippen LogP contribution in [0.4, 0.5) is 0 Å². The molecule has 0 radical (unpaired) electrons. The van der Waals surface area contributed by atoms with Crippen LogP contribution in [0.1, 0.15) is 19.8 Å². The van der Waals surface area contributed by atoms with Crippen LogP contribution in [0.15, 0.2) is 10.6 Å². The maximum atomic E-state index is 12.4. The second-order valence-electron chi connectivity index (χ2n) is 4.98. The van der Waals surface area contributed by atoms with E-state index in [1.165, 1.54) is 0 Å². The highest BCUT2D eigenvalue weighted by molar-refractivity contribution is 6.36. The first kappa shape index (κ1) is 13.9. The number of rotatable bonds is 2. The molecule has 20 heavy (non-hydrogen) atoms. The van der Waals surface area contributed by atoms with Crippen molar-refractivity contribution in [3.8, 4) is 0 Å². The Balaban J connectivity index is 1.90. The molecule has 2 fully saturated rings. The van der Waals surface area contributed by atoms with Gasteiger partial charge < -0.3 is 19.1 Å². The Bertz CT molecular complexity index is 483. The molecule has 1 amide bonds. The van der Waals surface area contributed by atoms with Gasteiger partial charge in [-0.3, -0.25) is 4.79 Å². The van der Waals surface area contributed by atoms with Crippen molar-refractivity contribution in [2.45, 2.75) is 31.6 Å². The molecule has 3 aliphatic heterocycles. The molecule has 0 aromatic carbocycles. The third-order valence-corrected chi connectivity index (χ3v) is 4.30. The first-order valence-electron chi connectivity index (χ1n) is 6.73. The zero-order chi connectivity index (χ0) is 14.3. The van der Waals surface area contributed by atoms with Gasteiger partial charge in [0, 0.05) is 24.4 Å². The smallest absolute Gasteiger partial charge is 0.344 e. The highest BCUT2D eigenvalue weighted by atomic mass is 35.5. The highest BCUT2D eigenvalue weighted by Crippen LogP contribution is 2.43. The van der Waals surface area contributed by atoms with Gasteiger partial charge in [0.25, 0.3) is 5.91 Å². The average Bonchev–Trinajstić information content (AvgIpc) is 3.00. The van der Waals surface area contributed by atoms with E-state index in [0.29, 0.717) is 32.6 Å². The molecular weight excluding hydrogens is 286 g/mol. The molecule has 0 aromatic rings. The molecule has 3 heterocycles. The molecule has 6 nitrogen and oxygen atoms in total. The van der Waals surface area contributed by atoms with Crippen LogP contribution in [-0.2, 0) is 23.8 Å². The number of fused-ring (bicyclic) bond motifs is 2. The van der Waals surface area contributed by atoms with E-state index in [1.807, 2.05) is 0 Å². The molecule has 0 saturated carbocycles. The zero-order valence-corrected chi connectivity index (χ0v) is 11.9. The number of carbonyl (C=O) groups is 2. The third kappa shape index (κ3) is 1.94. The van der Waals surface area contributed by atoms with E-state index in [0.717, 1.165) is 0 Å². The number of hydrogen-bond acceptors (Lipinski definition) is 5. The fraction of sp³-hybridized carbons (Fsp3) is 0.692. The average molecular weight is 302 g/mol. The minimum atomic E-state index is -0.754. The van der Waals surface area contributed by atoms with Gasteiger partial charge in [-0.25, -0.2) is 4.79 Å². The van der Waals surface area contributed by atoms with Crippen molar-refractivity contribution in [1.29, 1.82) is 0 Å². The van der Waals surface area contributed by atoms with Crippen LogP contribution < -0.4 is 0 Å². The molecule has 1 atom stereocenters. The van der Waals surface area contributed by atoms with Crippen molar-refractivity contribution in [1.82, 2.24) is 4.90 Å². The topological polar surface area (TPSA) is 65.1 Å². The van der Waals surface area contributed by atoms with Gasteiger partial charge in [-0.1, -0.05) is 11.6 Å². The van der Waals surface area contributed by atoms with Crippen LogP contribution in [-0.4, -0.2) is 55.0 Å². The summed E-state index contributed by atoms with van der Waals surface area (Å²) in [6.07, 6.45) is 0.963. The maximum absolute atomic E-state index is 12.4. The van der Waals surface area contributed by atoms with E-state index < -0.39 is 11.8 Å². The first-order valence-corrected chi connectivity index (χ1v) is 7.11. The lowest BCUT2D eigenvalue weighted by Crippen LogP contribution is -2.51. The molecule has 7 heteroatoms. The summed E-state index contributed by atoms with van der Waals surface area (Å²) in [5.41, 5.74) is -0.0557. The number of hydrogen-bond donors (Lipinski definition) is 0. The maximum Gasteiger partial charge on any atom is 0.344 e. The van der Waals surface area contributed by atoms with Crippen molar-refractivity contribution in [2.75, 3.05) is 26.4 Å². The molecular formula is C13H16ClNO5. The van der Waals surface area contributed by atoms with Crippen molar-refractivity contribution < 1.29 is 23.8 Å². The Kier molecular flexibility index (Phi) is 3.48. The number of carbonyl (C=O) groups excluding carboxylic acids is 2. The summed E-state index contributed by atoms with van der Waals surface area (Å²) in [6, 6.07) is -0.261. The number of ether oxygens (including phenoxy) is 3. The normalized spacial score (nSPS) is 28.2. The second-order valence-corrected chi connectivity index (χ2v) is 5.43. The molecule has 1 unspecified atom stereocenters. The molecule has 0 N–H and O–H groups in total. The van der Waals surface area contributed by atoms with E-state index in [-0.39, 0.29) is 29.2 Å². The summed E-state index contributed by atoms with van der Waals surface area (Å²) >= 11 is 6.16. The Morgan fingerprint density at radius 2 is 2.20 bits per heavy atom. The van der Waals surface area contributed by atoms with E-state index in [9.17, 15) is 9.59 Å². The van der Waals surface area contributed by atoms with Crippen LogP contribution >= 0.6 is 11.6 Å². The highest BCUT2D eigenvalue weighted by Gasteiger charge is 2.56. The lowest BCUT2D eigenvalue weighted by Gasteiger charge is -2.36. The lowest BCUT2D eigenvalue weighted by atomic mass is 9.98. The van der Waals surface area contributed by atoms with Crippen LogP contribution in [0, 0.1) is 0 Å². The van der Waals surface area contributed by atoms with Crippen LogP contribution in [0.5, 0.6) is 0 Å². The Morgan fingerprint density at radius 1 is 1.50 bits per heavy atom. The summed E-state index contributed by atoms with van der Waals surface area (Å²) in [6.45, 7) is 3.43. The van der Waals surface area contributed by atoms with Crippen molar-refractivity contribution in [2.24, 2.45) is 0 Å². The molecule has 110 valence electrons. The minimum absolute atomic E-state index is 0.0557. The van der Waals surface area contributed by atoms with Gasteiger partial charge in [-0.15, -0.1) is 0 Å². The van der Waals surface area contributed by atoms with Gasteiger partial charge in [0.05, 0.1) is 25.9 Å². The van der Waals surface area contributed by atoms with Gasteiger partial charge in [0.1, 0.15) is 5.57 Å². The first-order chi connectivity index (χ1) is 9.59. The van der Waals surface area contributed by atoms with E-state index >= 15 is 0 Å². The van der Waals surface area contributed by atoms with Crippen LogP contribution in [0.3, 0.4) is 0 Å². The Labute approximate surface area is 121 Å². The molecule has 2 saturated heterocycles. The van der Waals surface area contributed by atoms with E-state index in [1.54, 1.807) is 11.8 Å². The predicted octanol–water partition coefficient (Wildman–Crippen LogP) is 0.790. The standard InChI is InChI=1S/C13H16ClNO5/c1-2-18-12(17)10-8(14)7-9-13(19-5-6-20-13)3-4-15(9)11(10)16/h9H,2-7H2,1H3. The lowest BCUT2D eigenvalue weighted by molar-refractivity contribution is -0.177. The predicted molar refractivity (Wildman–Crippen MR) is 68.9 cm³/mol. The quantitative estimate of drug-likeness (QED) is 0.557. The van der Waals surface area contributed by atoms with Gasteiger partial charge in [-0.05, 0) is 6.92 Å². The zero-order valence-electron chi connectivity index (χ0n) is 11.2. The summed E-state index contributed by atoms with van der Waals surface area (Å²) < 4.78 is 16.3. The Morgan fingerprint density at radius 3 is 2.85 bits per heavy atom. The SMILES string of the molecule is CCOC(=O)C1=C(Cl)CC2N(CCC23OCCO3)C1=O. The molecule has 0 aliphatic carbocycles. The fourth-order valence-corrected chi connectivity index (χ4v) is 3.39. The summed E-state index contributed by atoms with van der Waals surface area (Å²) in [7, 11) is 0. The summed E-state index contributed by atoms with van der Waals surface area (Å²) in [5.74, 6) is -1.80. The summed E-state index contributed by atoms with van der Waals surface area (Å²) in [4.78, 5) is 25.9. The largest absolute Gasteiger partial charge is 0.462 e. The fourth-order valence-electron chi connectivity index (χ4n) is 3.08. The minimum Gasteiger partial charge on any atom is -0.462 e. The van der Waals surface area contributed by atoms with Gasteiger partial charge >= 0.3 is 5.97 Å². The second kappa shape index (κ2) is 5.02. The third-order valence-electron chi connectivity index (χ3n) is 3.96. The number of esters is 1. The van der Waals surface area contributed by atoms with E-state index in [2.05, 4.69) is 0 Å². The van der Waals surface area contributed by atoms with Crippen LogP contribution in [0.2, 0.25) is 0 Å².